The molecule has 8 atom stereocenters. The molecule has 3 heterocycles. The molecule has 0 unspecified atom stereocenters. The molecule has 92 heavy (non-hydrogen) atoms. The lowest BCUT2D eigenvalue weighted by molar-refractivity contribution is -0.141. The topological polar surface area (TPSA) is 355 Å². The molecule has 10 N–H and O–H groups in total. The lowest BCUT2D eigenvalue weighted by Crippen LogP contribution is -2.58. The predicted molar refractivity (Wildman–Crippen MR) is 344 cm³/mol. The summed E-state index contributed by atoms with van der Waals surface area (Å²) in [6.45, 7) is 9.59. The summed E-state index contributed by atoms with van der Waals surface area (Å²) in [5.74, 6) is -4.79. The van der Waals surface area contributed by atoms with Gasteiger partial charge in [-0.1, -0.05) is 94.2 Å². The number of amides is 7. The van der Waals surface area contributed by atoms with Crippen LogP contribution < -0.4 is 46.7 Å². The number of ether oxygens (including phenoxy) is 2. The minimum Gasteiger partial charge on any atom is -0.480 e. The van der Waals surface area contributed by atoms with Gasteiger partial charge in [-0.25, -0.2) is 40.7 Å². The van der Waals surface area contributed by atoms with Crippen LogP contribution in [0.25, 0.3) is 0 Å². The number of carbonyl (C=O) groups is 8. The molecule has 25 nitrogen and oxygen atoms in total. The molecule has 7 amide bonds. The standard InChI is InChI=1S/C33H47N5O7S.C32H47N5O8S/c1-2-23-22-33(23)31(41)37-46(43,44)28-19-11-10-16-25(28)34-20-12-6-4-3-5-7-17-26(35-32(42)45-24-14-8-9-15-24)30(40)38-21-13-18-27(38)29(39)36-33;1-2-22-21-32(22,36-28(38)25-17-12-20-34-25)30(41)37-46(43,44)27-18-10-9-15-24(27)33-19-11-5-3-4-6-16-26(29(39)40)35-31(42)45-23-13-7-8-14-23/h2,10-11,16,19,23-24,26-27,34H,1,3-9,12-15,17-18,20-22H2,(H,35,42)(H,36,39)(H,37,41);2,9-10,15,18,22-23,25-26,33-34H,1,3-8,11-14,16-17,19-21H2,(H,35,42)(H,36,38)(H,37,41)(H,39,40)/t23-,26+,27+,33-;22-,25+,26+,32-/m11/s1. The third-order valence-corrected chi connectivity index (χ3v) is 21.5. The van der Waals surface area contributed by atoms with Gasteiger partial charge in [0.2, 0.25) is 17.7 Å². The highest BCUT2D eigenvalue weighted by molar-refractivity contribution is 7.90. The zero-order valence-corrected chi connectivity index (χ0v) is 54.3. The average molecular weight is 1320 g/mol. The summed E-state index contributed by atoms with van der Waals surface area (Å²) >= 11 is 0. The maximum absolute atomic E-state index is 13.9. The average Bonchev–Trinajstić information content (AvgIpc) is 1.58. The van der Waals surface area contributed by atoms with Crippen molar-refractivity contribution in [2.45, 2.75) is 231 Å². The summed E-state index contributed by atoms with van der Waals surface area (Å²) in [7, 11) is -8.54. The normalized spacial score (nSPS) is 26.5. The van der Waals surface area contributed by atoms with Crippen molar-refractivity contribution in [2.24, 2.45) is 11.8 Å². The Morgan fingerprint density at radius 2 is 1.37 bits per heavy atom. The lowest BCUT2D eigenvalue weighted by Gasteiger charge is -2.30. The van der Waals surface area contributed by atoms with E-state index in [1.54, 1.807) is 42.5 Å². The van der Waals surface area contributed by atoms with Crippen molar-refractivity contribution in [3.63, 3.8) is 0 Å². The van der Waals surface area contributed by atoms with Crippen LogP contribution in [0.4, 0.5) is 21.0 Å². The molecule has 4 saturated carbocycles. The molecule has 9 rings (SSSR count). The second-order valence-corrected chi connectivity index (χ2v) is 28.7. The van der Waals surface area contributed by atoms with Gasteiger partial charge < -0.3 is 56.7 Å². The number of unbranched alkanes of at least 4 members (excludes halogenated alkanes) is 4. The molecular formula is C65H94N10O15S2. The highest BCUT2D eigenvalue weighted by atomic mass is 32.2. The fourth-order valence-corrected chi connectivity index (χ4v) is 15.6. The third kappa shape index (κ3) is 19.0. The summed E-state index contributed by atoms with van der Waals surface area (Å²) in [5, 5.41) is 29.7. The highest BCUT2D eigenvalue weighted by Gasteiger charge is 2.62. The van der Waals surface area contributed by atoms with Crippen molar-refractivity contribution in [3.8, 4) is 0 Å². The van der Waals surface area contributed by atoms with Gasteiger partial charge in [0, 0.05) is 31.5 Å². The van der Waals surface area contributed by atoms with Crippen LogP contribution in [0.1, 0.15) is 173 Å². The zero-order chi connectivity index (χ0) is 65.9. The van der Waals surface area contributed by atoms with Gasteiger partial charge in [-0.2, -0.15) is 0 Å². The van der Waals surface area contributed by atoms with Gasteiger partial charge in [-0.05, 0) is 146 Å². The Hall–Kier alpha value is -7.26. The van der Waals surface area contributed by atoms with E-state index in [9.17, 15) is 60.3 Å². The van der Waals surface area contributed by atoms with Crippen LogP contribution in [0.3, 0.4) is 0 Å². The third-order valence-electron chi connectivity index (χ3n) is 18.7. The van der Waals surface area contributed by atoms with Gasteiger partial charge >= 0.3 is 18.2 Å². The maximum Gasteiger partial charge on any atom is 0.408 e. The summed E-state index contributed by atoms with van der Waals surface area (Å²) in [6, 6.07) is 9.62. The van der Waals surface area contributed by atoms with E-state index in [2.05, 4.69) is 59.8 Å². The van der Waals surface area contributed by atoms with Crippen molar-refractivity contribution >= 4 is 79.1 Å². The number of sulfonamides is 2. The molecule has 506 valence electrons. The van der Waals surface area contributed by atoms with E-state index >= 15 is 0 Å². The minimum atomic E-state index is -4.28. The van der Waals surface area contributed by atoms with Gasteiger partial charge in [0.1, 0.15) is 51.2 Å². The first-order chi connectivity index (χ1) is 44.2. The molecule has 7 aliphatic rings. The van der Waals surface area contributed by atoms with Crippen molar-refractivity contribution in [2.75, 3.05) is 36.8 Å². The number of carbonyl (C=O) groups excluding carboxylic acids is 7. The fraction of sp³-hybridized carbons (Fsp3) is 0.631. The van der Waals surface area contributed by atoms with Crippen molar-refractivity contribution in [1.29, 1.82) is 0 Å². The quantitative estimate of drug-likeness (QED) is 0.0448. The Kier molecular flexibility index (Phi) is 25.3. The number of nitrogens with one attached hydrogen (secondary N) is 9. The number of para-hydroxylation sites is 2. The Labute approximate surface area is 540 Å². The molecule has 2 saturated heterocycles. The number of fused-ring (bicyclic) bond motifs is 2. The molecule has 27 heteroatoms. The van der Waals surface area contributed by atoms with E-state index < -0.39 is 97.1 Å². The number of rotatable bonds is 21. The van der Waals surface area contributed by atoms with Crippen molar-refractivity contribution in [1.82, 2.24) is 40.9 Å². The van der Waals surface area contributed by atoms with Crippen LogP contribution >= 0.6 is 0 Å². The monoisotopic (exact) mass is 1320 g/mol. The Balaban J connectivity index is 0.000000237. The first-order valence-electron chi connectivity index (χ1n) is 33.1. The maximum atomic E-state index is 13.9. The molecule has 0 bridgehead atoms. The van der Waals surface area contributed by atoms with Crippen LogP contribution in [0, 0.1) is 11.8 Å². The number of hydrogen-bond donors (Lipinski definition) is 10. The van der Waals surface area contributed by atoms with Gasteiger partial charge in [-0.3, -0.25) is 24.0 Å². The fourth-order valence-electron chi connectivity index (χ4n) is 13.1. The lowest BCUT2D eigenvalue weighted by atomic mass is 10.0. The Bertz CT molecular complexity index is 3190. The molecule has 2 aromatic rings. The smallest absolute Gasteiger partial charge is 0.408 e. The van der Waals surface area contributed by atoms with E-state index in [1.807, 2.05) is 0 Å². The van der Waals surface area contributed by atoms with Crippen LogP contribution in [-0.2, 0) is 58.3 Å². The predicted octanol–water partition coefficient (Wildman–Crippen LogP) is 6.92. The Morgan fingerprint density at radius 3 is 2.04 bits per heavy atom. The molecule has 3 aliphatic heterocycles. The van der Waals surface area contributed by atoms with Gasteiger partial charge in [0.15, 0.2) is 0 Å². The van der Waals surface area contributed by atoms with Crippen LogP contribution in [0.2, 0.25) is 0 Å². The number of aliphatic carboxylic acids is 1. The number of carboxylic acid groups (broad SMARTS) is 1. The van der Waals surface area contributed by atoms with Crippen molar-refractivity contribution < 1.29 is 69.8 Å². The number of alkyl carbamates (subject to hydrolysis) is 2. The molecule has 0 radical (unpaired) electrons. The van der Waals surface area contributed by atoms with E-state index in [1.165, 1.54) is 23.1 Å². The van der Waals surface area contributed by atoms with Gasteiger partial charge in [0.25, 0.3) is 31.9 Å². The molecule has 6 fully saturated rings. The van der Waals surface area contributed by atoms with E-state index in [0.717, 1.165) is 122 Å². The molecule has 0 aromatic heterocycles. The Morgan fingerprint density at radius 1 is 0.728 bits per heavy atom. The van der Waals surface area contributed by atoms with E-state index in [-0.39, 0.29) is 52.6 Å². The summed E-state index contributed by atoms with van der Waals surface area (Å²) < 4.78 is 68.9. The molecule has 1 spiro atoms. The zero-order valence-electron chi connectivity index (χ0n) is 52.7. The molecular weight excluding hydrogens is 1220 g/mol. The SMILES string of the molecule is C=C[C@@H]1C[C@@]12NC(=O)[C@@H]1CCCN1C(=O)[C@@H](NC(=O)OC1CCCC1)CCCCCCCCNc1ccccc1S(=O)(=O)NC2=O.C=C[C@@H]1C[C@]1(NC(=O)[C@@H]1CCCN1)C(=O)NS(=O)(=O)c1ccccc1NCCCCCCC[C@H](NC(=O)OC1CCCC1)C(=O)O. The number of nitrogens with zero attached hydrogens (tertiary/aromatic N) is 1. The van der Waals surface area contributed by atoms with Crippen molar-refractivity contribution in [3.05, 3.63) is 73.8 Å². The first kappa shape index (κ1) is 70.6. The summed E-state index contributed by atoms with van der Waals surface area (Å²) in [5.41, 5.74) is -2.11. The molecule has 4 aliphatic carbocycles. The summed E-state index contributed by atoms with van der Waals surface area (Å²) in [6.07, 6.45) is 21.5. The second-order valence-electron chi connectivity index (χ2n) is 25.4. The second kappa shape index (κ2) is 33.0. The van der Waals surface area contributed by atoms with Gasteiger partial charge in [0.05, 0.1) is 17.4 Å². The largest absolute Gasteiger partial charge is 0.480 e. The van der Waals surface area contributed by atoms with E-state index in [4.69, 9.17) is 9.47 Å². The number of hydrogen-bond acceptors (Lipinski definition) is 17. The van der Waals surface area contributed by atoms with Gasteiger partial charge in [-0.15, -0.1) is 13.2 Å². The number of anilines is 2. The highest BCUT2D eigenvalue weighted by Crippen LogP contribution is 2.46. The number of carboxylic acids is 1. The summed E-state index contributed by atoms with van der Waals surface area (Å²) in [4.78, 5) is 105. The van der Waals surface area contributed by atoms with Crippen LogP contribution in [-0.4, -0.2) is 148 Å². The first-order valence-corrected chi connectivity index (χ1v) is 36.1. The van der Waals surface area contributed by atoms with Crippen LogP contribution in [0.15, 0.2) is 83.6 Å². The van der Waals surface area contributed by atoms with E-state index in [0.29, 0.717) is 76.1 Å². The molecule has 2 aromatic carbocycles. The minimum absolute atomic E-state index is 0.0518. The van der Waals surface area contributed by atoms with Crippen LogP contribution in [0.5, 0.6) is 0 Å². The number of benzene rings is 2.